The molecule has 3 aliphatic rings. The van der Waals surface area contributed by atoms with Gasteiger partial charge in [-0.3, -0.25) is 0 Å². The van der Waals surface area contributed by atoms with Gasteiger partial charge in [-0.05, 0) is 63.2 Å². The first-order chi connectivity index (χ1) is 10.3. The van der Waals surface area contributed by atoms with Gasteiger partial charge in [0.05, 0.1) is 5.69 Å². The molecule has 3 nitrogen and oxygen atoms in total. The fourth-order valence-corrected chi connectivity index (χ4v) is 4.19. The van der Waals surface area contributed by atoms with Gasteiger partial charge >= 0.3 is 0 Å². The Hall–Kier alpha value is -0.990. The molecule has 0 aromatic carbocycles. The number of aromatic nitrogens is 2. The Morgan fingerprint density at radius 1 is 1.10 bits per heavy atom. The van der Waals surface area contributed by atoms with Crippen LogP contribution in [0.1, 0.15) is 63.5 Å². The third kappa shape index (κ3) is 3.27. The van der Waals surface area contributed by atoms with Crippen molar-refractivity contribution >= 4 is 5.95 Å². The van der Waals surface area contributed by atoms with Crippen LogP contribution in [-0.4, -0.2) is 15.6 Å². The second-order valence-corrected chi connectivity index (χ2v) is 7.68. The standard InChI is InChI=1S/C18H29N3/c1-13-11-21(12-17(14-7-8-14)15-9-10-15)18(19-13)20-16-5-3-2-4-6-16/h11,14-17H,2-10,12H2,1H3,(H,19,20). The largest absolute Gasteiger partial charge is 0.353 e. The van der Waals surface area contributed by atoms with Crippen molar-refractivity contribution in [3.63, 3.8) is 0 Å². The molecule has 0 aliphatic heterocycles. The number of rotatable bonds is 6. The summed E-state index contributed by atoms with van der Waals surface area (Å²) >= 11 is 0. The van der Waals surface area contributed by atoms with E-state index in [0.717, 1.165) is 23.7 Å². The van der Waals surface area contributed by atoms with E-state index in [1.54, 1.807) is 0 Å². The number of hydrogen-bond donors (Lipinski definition) is 1. The molecular formula is C18H29N3. The zero-order chi connectivity index (χ0) is 14.2. The summed E-state index contributed by atoms with van der Waals surface area (Å²) in [4.78, 5) is 4.77. The Morgan fingerprint density at radius 3 is 2.38 bits per heavy atom. The molecule has 0 saturated heterocycles. The molecule has 1 heterocycles. The average molecular weight is 287 g/mol. The maximum Gasteiger partial charge on any atom is 0.203 e. The minimum Gasteiger partial charge on any atom is -0.353 e. The highest BCUT2D eigenvalue weighted by molar-refractivity contribution is 5.30. The van der Waals surface area contributed by atoms with Gasteiger partial charge in [0.2, 0.25) is 5.95 Å². The molecule has 0 spiro atoms. The molecule has 1 aromatic heterocycles. The first-order valence-electron chi connectivity index (χ1n) is 9.10. The molecule has 4 rings (SSSR count). The van der Waals surface area contributed by atoms with E-state index in [1.807, 2.05) is 0 Å². The molecule has 3 aliphatic carbocycles. The van der Waals surface area contributed by atoms with Crippen LogP contribution >= 0.6 is 0 Å². The second kappa shape index (κ2) is 5.66. The number of anilines is 1. The highest BCUT2D eigenvalue weighted by Crippen LogP contribution is 2.50. The smallest absolute Gasteiger partial charge is 0.203 e. The summed E-state index contributed by atoms with van der Waals surface area (Å²) < 4.78 is 2.44. The van der Waals surface area contributed by atoms with E-state index >= 15 is 0 Å². The van der Waals surface area contributed by atoms with Crippen LogP contribution in [0.25, 0.3) is 0 Å². The molecular weight excluding hydrogens is 258 g/mol. The van der Waals surface area contributed by atoms with Crippen LogP contribution in [-0.2, 0) is 6.54 Å². The molecule has 1 aromatic rings. The second-order valence-electron chi connectivity index (χ2n) is 7.68. The molecule has 3 saturated carbocycles. The van der Waals surface area contributed by atoms with Crippen molar-refractivity contribution in [1.29, 1.82) is 0 Å². The summed E-state index contributed by atoms with van der Waals surface area (Å²) in [7, 11) is 0. The van der Waals surface area contributed by atoms with E-state index in [1.165, 1.54) is 70.0 Å². The van der Waals surface area contributed by atoms with Gasteiger partial charge in [-0.25, -0.2) is 4.98 Å². The molecule has 0 bridgehead atoms. The van der Waals surface area contributed by atoms with Crippen molar-refractivity contribution in [3.05, 3.63) is 11.9 Å². The Labute approximate surface area is 128 Å². The number of aryl methyl sites for hydroxylation is 1. The van der Waals surface area contributed by atoms with Gasteiger partial charge < -0.3 is 9.88 Å². The monoisotopic (exact) mass is 287 g/mol. The lowest BCUT2D eigenvalue weighted by atomic mass is 9.95. The van der Waals surface area contributed by atoms with Crippen molar-refractivity contribution in [2.45, 2.75) is 77.3 Å². The summed E-state index contributed by atoms with van der Waals surface area (Å²) in [6, 6.07) is 0.652. The summed E-state index contributed by atoms with van der Waals surface area (Å²) in [5.74, 6) is 4.10. The molecule has 3 heteroatoms. The van der Waals surface area contributed by atoms with E-state index in [9.17, 15) is 0 Å². The molecule has 0 atom stereocenters. The third-order valence-corrected chi connectivity index (χ3v) is 5.70. The van der Waals surface area contributed by atoms with Gasteiger partial charge in [-0.15, -0.1) is 0 Å². The van der Waals surface area contributed by atoms with Gasteiger partial charge in [0, 0.05) is 18.8 Å². The van der Waals surface area contributed by atoms with Crippen LogP contribution in [0, 0.1) is 24.7 Å². The van der Waals surface area contributed by atoms with Crippen molar-refractivity contribution in [1.82, 2.24) is 9.55 Å². The minimum absolute atomic E-state index is 0.652. The van der Waals surface area contributed by atoms with Crippen LogP contribution in [0.2, 0.25) is 0 Å². The SMILES string of the molecule is Cc1cn(CC(C2CC2)C2CC2)c(NC2CCCCC2)n1. The highest BCUT2D eigenvalue weighted by atomic mass is 15.2. The zero-order valence-corrected chi connectivity index (χ0v) is 13.4. The lowest BCUT2D eigenvalue weighted by Crippen LogP contribution is -2.25. The predicted octanol–water partition coefficient (Wildman–Crippen LogP) is 4.37. The minimum atomic E-state index is 0.652. The quantitative estimate of drug-likeness (QED) is 0.842. The highest BCUT2D eigenvalue weighted by Gasteiger charge is 2.41. The summed E-state index contributed by atoms with van der Waals surface area (Å²) in [6.07, 6.45) is 15.0. The number of imidazole rings is 1. The third-order valence-electron chi connectivity index (χ3n) is 5.70. The van der Waals surface area contributed by atoms with Crippen molar-refractivity contribution in [3.8, 4) is 0 Å². The van der Waals surface area contributed by atoms with Gasteiger partial charge in [-0.1, -0.05) is 19.3 Å². The summed E-state index contributed by atoms with van der Waals surface area (Å²) in [5.41, 5.74) is 1.17. The van der Waals surface area contributed by atoms with Crippen molar-refractivity contribution in [2.75, 3.05) is 5.32 Å². The Kier molecular flexibility index (Phi) is 3.68. The van der Waals surface area contributed by atoms with Crippen LogP contribution in [0.5, 0.6) is 0 Å². The molecule has 0 amide bonds. The van der Waals surface area contributed by atoms with Gasteiger partial charge in [0.25, 0.3) is 0 Å². The van der Waals surface area contributed by atoms with Crippen molar-refractivity contribution < 1.29 is 0 Å². The number of nitrogens with one attached hydrogen (secondary N) is 1. The molecule has 116 valence electrons. The van der Waals surface area contributed by atoms with Crippen molar-refractivity contribution in [2.24, 2.45) is 17.8 Å². The Balaban J connectivity index is 1.45. The van der Waals surface area contributed by atoms with E-state index in [-0.39, 0.29) is 0 Å². The maximum absolute atomic E-state index is 4.77. The average Bonchev–Trinajstić information content (AvgIpc) is 3.37. The summed E-state index contributed by atoms with van der Waals surface area (Å²) in [5, 5.41) is 3.75. The lowest BCUT2D eigenvalue weighted by molar-refractivity contribution is 0.349. The van der Waals surface area contributed by atoms with Crippen LogP contribution < -0.4 is 5.32 Å². The van der Waals surface area contributed by atoms with Crippen LogP contribution in [0.15, 0.2) is 6.20 Å². The Bertz CT molecular complexity index is 467. The molecule has 1 N–H and O–H groups in total. The molecule has 0 unspecified atom stereocenters. The zero-order valence-electron chi connectivity index (χ0n) is 13.4. The Morgan fingerprint density at radius 2 is 1.76 bits per heavy atom. The number of hydrogen-bond acceptors (Lipinski definition) is 2. The van der Waals surface area contributed by atoms with E-state index < -0.39 is 0 Å². The van der Waals surface area contributed by atoms with Gasteiger partial charge in [0.1, 0.15) is 0 Å². The van der Waals surface area contributed by atoms with Gasteiger partial charge in [0.15, 0.2) is 0 Å². The first-order valence-corrected chi connectivity index (χ1v) is 9.10. The maximum atomic E-state index is 4.77. The normalized spacial score (nSPS) is 23.7. The number of nitrogens with zero attached hydrogens (tertiary/aromatic N) is 2. The topological polar surface area (TPSA) is 29.9 Å². The fourth-order valence-electron chi connectivity index (χ4n) is 4.19. The van der Waals surface area contributed by atoms with E-state index in [0.29, 0.717) is 6.04 Å². The molecule has 0 radical (unpaired) electrons. The molecule has 3 fully saturated rings. The predicted molar refractivity (Wildman–Crippen MR) is 86.4 cm³/mol. The van der Waals surface area contributed by atoms with E-state index in [4.69, 9.17) is 4.98 Å². The van der Waals surface area contributed by atoms with Gasteiger partial charge in [-0.2, -0.15) is 0 Å². The first kappa shape index (κ1) is 13.7. The van der Waals surface area contributed by atoms with Crippen LogP contribution in [0.3, 0.4) is 0 Å². The molecule has 21 heavy (non-hydrogen) atoms. The van der Waals surface area contributed by atoms with E-state index in [2.05, 4.69) is 23.0 Å². The summed E-state index contributed by atoms with van der Waals surface area (Å²) in [6.45, 7) is 3.33. The lowest BCUT2D eigenvalue weighted by Gasteiger charge is -2.25. The fraction of sp³-hybridized carbons (Fsp3) is 0.833. The van der Waals surface area contributed by atoms with Crippen LogP contribution in [0.4, 0.5) is 5.95 Å².